The minimum Gasteiger partial charge on any atom is -0.497 e. The summed E-state index contributed by atoms with van der Waals surface area (Å²) in [5.41, 5.74) is 3.50. The first kappa shape index (κ1) is 12.3. The number of hydrazone groups is 1. The minimum atomic E-state index is -1.26. The fraction of sp³-hybridized carbons (Fsp3) is 0.200. The van der Waals surface area contributed by atoms with Crippen molar-refractivity contribution >= 4 is 22.7 Å². The van der Waals surface area contributed by atoms with E-state index in [1.54, 1.807) is 19.2 Å². The largest absolute Gasteiger partial charge is 0.497 e. The zero-order chi connectivity index (χ0) is 12.0. The van der Waals surface area contributed by atoms with Crippen molar-refractivity contribution in [2.24, 2.45) is 5.10 Å². The van der Waals surface area contributed by atoms with Crippen LogP contribution in [0.2, 0.25) is 0 Å². The van der Waals surface area contributed by atoms with Crippen molar-refractivity contribution < 1.29 is 14.6 Å². The van der Waals surface area contributed by atoms with Crippen molar-refractivity contribution in [2.75, 3.05) is 7.11 Å². The molecular formula is C10H11ClN2O3. The monoisotopic (exact) mass is 242 g/mol. The highest BCUT2D eigenvalue weighted by Gasteiger charge is 2.03. The first-order valence-corrected chi connectivity index (χ1v) is 4.83. The minimum absolute atomic E-state index is 0.396. The van der Waals surface area contributed by atoms with Crippen LogP contribution in [0.3, 0.4) is 0 Å². The molecule has 1 aromatic carbocycles. The van der Waals surface area contributed by atoms with Crippen LogP contribution in [-0.4, -0.2) is 23.4 Å². The van der Waals surface area contributed by atoms with Gasteiger partial charge in [0.1, 0.15) is 5.75 Å². The molecule has 5 nitrogen and oxygen atoms in total. The van der Waals surface area contributed by atoms with Gasteiger partial charge in [0.05, 0.1) is 13.7 Å². The van der Waals surface area contributed by atoms with Gasteiger partial charge in [0.25, 0.3) is 0 Å². The molecule has 0 amide bonds. The summed E-state index contributed by atoms with van der Waals surface area (Å²) in [6, 6.07) is 7.30. The number of carboxylic acid groups (broad SMARTS) is 1. The smallest absolute Gasteiger partial charge is 0.368 e. The molecule has 0 heterocycles. The van der Waals surface area contributed by atoms with Crippen LogP contribution < -0.4 is 10.2 Å². The molecule has 0 spiro atoms. The van der Waals surface area contributed by atoms with Crippen molar-refractivity contribution in [2.45, 2.75) is 6.54 Å². The van der Waals surface area contributed by atoms with E-state index in [4.69, 9.17) is 21.4 Å². The van der Waals surface area contributed by atoms with Gasteiger partial charge in [-0.2, -0.15) is 5.10 Å². The second-order valence-corrected chi connectivity index (χ2v) is 3.25. The number of carbonyl (C=O) groups is 1. The van der Waals surface area contributed by atoms with E-state index in [0.29, 0.717) is 6.54 Å². The second kappa shape index (κ2) is 5.97. The Balaban J connectivity index is 2.49. The number of ether oxygens (including phenoxy) is 1. The highest BCUT2D eigenvalue weighted by molar-refractivity contribution is 6.81. The number of nitrogens with one attached hydrogen (secondary N) is 1. The lowest BCUT2D eigenvalue weighted by Gasteiger charge is -2.03. The summed E-state index contributed by atoms with van der Waals surface area (Å²) in [6.45, 7) is 0.396. The van der Waals surface area contributed by atoms with Gasteiger partial charge in [0.15, 0.2) is 0 Å². The molecule has 1 aromatic rings. The predicted octanol–water partition coefficient (Wildman–Crippen LogP) is 1.42. The van der Waals surface area contributed by atoms with E-state index in [1.165, 1.54) is 0 Å². The third-order valence-electron chi connectivity index (χ3n) is 1.80. The summed E-state index contributed by atoms with van der Waals surface area (Å²) >= 11 is 5.30. The van der Waals surface area contributed by atoms with Gasteiger partial charge >= 0.3 is 5.97 Å². The number of carboxylic acids is 1. The zero-order valence-electron chi connectivity index (χ0n) is 8.61. The molecule has 0 bridgehead atoms. The average Bonchev–Trinajstić information content (AvgIpc) is 2.29. The normalized spacial score (nSPS) is 11.0. The number of methoxy groups -OCH3 is 1. The Hall–Kier alpha value is -1.75. The Morgan fingerprint density at radius 3 is 2.62 bits per heavy atom. The van der Waals surface area contributed by atoms with Crippen LogP contribution >= 0.6 is 11.6 Å². The van der Waals surface area contributed by atoms with Crippen molar-refractivity contribution in [1.29, 1.82) is 0 Å². The highest BCUT2D eigenvalue weighted by Crippen LogP contribution is 2.10. The number of hydrogen-bond donors (Lipinski definition) is 2. The number of aliphatic carboxylic acids is 1. The molecule has 86 valence electrons. The Kier molecular flexibility index (Phi) is 4.60. The topological polar surface area (TPSA) is 70.9 Å². The number of rotatable bonds is 5. The van der Waals surface area contributed by atoms with E-state index in [9.17, 15) is 4.79 Å². The summed E-state index contributed by atoms with van der Waals surface area (Å²) in [7, 11) is 1.59. The maximum atomic E-state index is 10.3. The van der Waals surface area contributed by atoms with Crippen LogP contribution in [0.15, 0.2) is 29.4 Å². The summed E-state index contributed by atoms with van der Waals surface area (Å²) < 4.78 is 5.00. The van der Waals surface area contributed by atoms with E-state index in [1.807, 2.05) is 12.1 Å². The van der Waals surface area contributed by atoms with Gasteiger partial charge < -0.3 is 15.3 Å². The fourth-order valence-electron chi connectivity index (χ4n) is 0.991. The Morgan fingerprint density at radius 2 is 2.12 bits per heavy atom. The van der Waals surface area contributed by atoms with Gasteiger partial charge in [0.2, 0.25) is 5.17 Å². The molecule has 0 aliphatic carbocycles. The molecule has 6 heteroatoms. The molecule has 16 heavy (non-hydrogen) atoms. The second-order valence-electron chi connectivity index (χ2n) is 2.89. The van der Waals surface area contributed by atoms with Gasteiger partial charge in [-0.15, -0.1) is 0 Å². The van der Waals surface area contributed by atoms with Gasteiger partial charge in [0, 0.05) is 0 Å². The van der Waals surface area contributed by atoms with Gasteiger partial charge in [-0.3, -0.25) is 0 Å². The molecule has 0 aliphatic rings. The lowest BCUT2D eigenvalue weighted by molar-refractivity contribution is -0.129. The number of hydrogen-bond acceptors (Lipinski definition) is 4. The Labute approximate surface area is 97.7 Å². The maximum absolute atomic E-state index is 10.3. The Bertz CT molecular complexity index is 390. The van der Waals surface area contributed by atoms with Gasteiger partial charge in [-0.05, 0) is 17.7 Å². The van der Waals surface area contributed by atoms with Gasteiger partial charge in [-0.1, -0.05) is 23.7 Å². The van der Waals surface area contributed by atoms with Crippen molar-refractivity contribution in [3.63, 3.8) is 0 Å². The number of halogens is 1. The van der Waals surface area contributed by atoms with Crippen LogP contribution in [0.1, 0.15) is 5.56 Å². The lowest BCUT2D eigenvalue weighted by Crippen LogP contribution is -2.13. The maximum Gasteiger partial charge on any atom is 0.368 e. The average molecular weight is 243 g/mol. The summed E-state index contributed by atoms with van der Waals surface area (Å²) in [6.07, 6.45) is 0. The third-order valence-corrected chi connectivity index (χ3v) is 2.04. The number of benzene rings is 1. The van der Waals surface area contributed by atoms with E-state index < -0.39 is 11.1 Å². The Morgan fingerprint density at radius 1 is 1.50 bits per heavy atom. The van der Waals surface area contributed by atoms with Crippen molar-refractivity contribution in [3.05, 3.63) is 29.8 Å². The predicted molar refractivity (Wildman–Crippen MR) is 60.8 cm³/mol. The lowest BCUT2D eigenvalue weighted by atomic mass is 10.2. The first-order chi connectivity index (χ1) is 7.63. The molecule has 0 atom stereocenters. The number of nitrogens with zero attached hydrogens (tertiary/aromatic N) is 1. The molecule has 0 aromatic heterocycles. The standard InChI is InChI=1S/C10H11ClN2O3/c1-16-8-4-2-7(3-5-8)6-12-13-9(11)10(14)15/h2-5,12H,6H2,1H3,(H,14,15)/b13-9-. The van der Waals surface area contributed by atoms with Crippen LogP contribution in [0.4, 0.5) is 0 Å². The fourth-order valence-corrected chi connectivity index (χ4v) is 1.05. The van der Waals surface area contributed by atoms with E-state index in [2.05, 4.69) is 10.5 Å². The highest BCUT2D eigenvalue weighted by atomic mass is 35.5. The van der Waals surface area contributed by atoms with Crippen LogP contribution in [0, 0.1) is 0 Å². The molecule has 2 N–H and O–H groups in total. The van der Waals surface area contributed by atoms with E-state index >= 15 is 0 Å². The van der Waals surface area contributed by atoms with Crippen molar-refractivity contribution in [1.82, 2.24) is 5.43 Å². The quantitative estimate of drug-likeness (QED) is 0.605. The molecule has 0 aliphatic heterocycles. The van der Waals surface area contributed by atoms with E-state index in [0.717, 1.165) is 11.3 Å². The zero-order valence-corrected chi connectivity index (χ0v) is 9.36. The van der Waals surface area contributed by atoms with Crippen LogP contribution in [0.5, 0.6) is 5.75 Å². The summed E-state index contributed by atoms with van der Waals surface area (Å²) in [5.74, 6) is -0.500. The molecule has 0 unspecified atom stereocenters. The van der Waals surface area contributed by atoms with Crippen LogP contribution in [-0.2, 0) is 11.3 Å². The summed E-state index contributed by atoms with van der Waals surface area (Å²) in [5, 5.41) is 11.4. The molecule has 0 radical (unpaired) electrons. The van der Waals surface area contributed by atoms with E-state index in [-0.39, 0.29) is 0 Å². The van der Waals surface area contributed by atoms with Crippen molar-refractivity contribution in [3.8, 4) is 5.75 Å². The molecule has 0 saturated heterocycles. The molecular weight excluding hydrogens is 232 g/mol. The molecule has 1 rings (SSSR count). The molecule has 0 fully saturated rings. The third kappa shape index (κ3) is 3.78. The summed E-state index contributed by atoms with van der Waals surface area (Å²) in [4.78, 5) is 10.3. The SMILES string of the molecule is COc1ccc(CN/N=C(\Cl)C(=O)O)cc1. The first-order valence-electron chi connectivity index (χ1n) is 4.45. The van der Waals surface area contributed by atoms with Crippen LogP contribution in [0.25, 0.3) is 0 Å². The van der Waals surface area contributed by atoms with Gasteiger partial charge in [-0.25, -0.2) is 4.79 Å². The molecule has 0 saturated carbocycles.